The van der Waals surface area contributed by atoms with Crippen molar-refractivity contribution in [3.8, 4) is 62.1 Å². The Labute approximate surface area is 613 Å². The van der Waals surface area contributed by atoms with Crippen LogP contribution in [0.1, 0.15) is 140 Å². The van der Waals surface area contributed by atoms with Crippen molar-refractivity contribution in [2.45, 2.75) is 110 Å². The molecule has 0 N–H and O–H groups in total. The quantitative estimate of drug-likeness (QED) is 0.0529. The van der Waals surface area contributed by atoms with E-state index in [4.69, 9.17) is 26.2 Å². The average molecular weight is 1470 g/mol. The molecule has 96 heavy (non-hydrogen) atoms. The molecule has 1 aliphatic rings. The summed E-state index contributed by atoms with van der Waals surface area (Å²) in [5.74, 6) is 0.717. The zero-order valence-electron chi connectivity index (χ0n) is 75.6. The van der Waals surface area contributed by atoms with Crippen LogP contribution in [0.5, 0.6) is 11.5 Å². The summed E-state index contributed by atoms with van der Waals surface area (Å²) in [4.78, 5) is 5.12. The van der Waals surface area contributed by atoms with Crippen molar-refractivity contribution in [3.05, 3.63) is 307 Å². The van der Waals surface area contributed by atoms with E-state index in [1.165, 1.54) is 6.07 Å². The van der Waals surface area contributed by atoms with Gasteiger partial charge in [0.2, 0.25) is 0 Å². The van der Waals surface area contributed by atoms with Gasteiger partial charge in [0.15, 0.2) is 8.07 Å². The van der Waals surface area contributed by atoms with Crippen molar-refractivity contribution >= 4 is 61.7 Å². The first-order chi connectivity index (χ1) is 54.8. The number of rotatable bonds is 12. The summed E-state index contributed by atoms with van der Waals surface area (Å²) in [6.45, 7) is -7.50. The molecule has 478 valence electrons. The van der Waals surface area contributed by atoms with E-state index in [1.807, 2.05) is 119 Å². The zero-order valence-corrected chi connectivity index (χ0v) is 56.9. The number of aryl methyl sites for hydroxylation is 1. The number of para-hydroxylation sites is 4. The van der Waals surface area contributed by atoms with Crippen molar-refractivity contribution < 1.29 is 60.5 Å². The van der Waals surface area contributed by atoms with Crippen LogP contribution in [0.25, 0.3) is 83.4 Å². The number of aromatic nitrogens is 4. The fourth-order valence-corrected chi connectivity index (χ4v) is 18.2. The molecule has 0 saturated heterocycles. The minimum Gasteiger partial charge on any atom is -0.510 e. The molecule has 0 fully saturated rings. The fourth-order valence-electron chi connectivity index (χ4n) is 13.4. The largest absolute Gasteiger partial charge is 0.510 e. The van der Waals surface area contributed by atoms with E-state index in [2.05, 4.69) is 109 Å². The number of ether oxygens (including phenoxy) is 1. The van der Waals surface area contributed by atoms with Crippen molar-refractivity contribution in [2.75, 3.05) is 0 Å². The third kappa shape index (κ3) is 11.3. The SMILES string of the molecule is [2H]c1c([2H])c2c(c([2H])c1-c1cccc(-c3cc(C(C)(C)C)cc(C(C)(C)C)c3)c1-[n+]1[c-]n(-c3[c-]c(Oc4[c-]c5c(cc4)c4ccccc4n5-c4cc(C([2H])([2H])[2H])c(-c5cccc([Si](c6ccccc6)(c6ccccc6)c6ccccc6)c5)cn4)ccc3)c3ccccc31)C(C([2H])([2H])[2H])(C([2H])([2H])[2H])C([2H])([2H])C([2H])([2H])C2(C([2H])([2H])[2H])C([2H])([2H])[2H].[Pt]. The Hall–Kier alpha value is -9.45. The molecule has 0 saturated carbocycles. The fraction of sp³-hybridized carbons (Fsp3) is 0.191. The maximum Gasteiger partial charge on any atom is 0.268 e. The van der Waals surface area contributed by atoms with Gasteiger partial charge < -0.3 is 13.9 Å². The van der Waals surface area contributed by atoms with E-state index in [0.29, 0.717) is 55.8 Å². The van der Waals surface area contributed by atoms with Gasteiger partial charge in [-0.05, 0) is 141 Å². The number of fused-ring (bicyclic) bond motifs is 5. The Morgan fingerprint density at radius 3 is 1.77 bits per heavy atom. The first-order valence-electron chi connectivity index (χ1n) is 42.6. The summed E-state index contributed by atoms with van der Waals surface area (Å²) < 4.78 is 217. The van der Waals surface area contributed by atoms with Gasteiger partial charge in [0.05, 0.1) is 20.8 Å². The standard InChI is InChI=1S/C89H80N4OSi.Pt/c1-60-50-84(90-58-77(60)61-28-25-37-72(53-61)95(69-31-15-12-16-32-69,70-33-17-13-18-34-70)71-35-19-14-20-36-71)93-80-41-22-21-38-75(80)76-46-45-68(57-83(76)93)94-67-30-26-29-66(56-67)91-59-92(82-43-24-23-42-81(82)91)85-73(62-44-47-78-79(54-62)89(10,11)49-48-88(78,8)9)39-27-40-74(85)63-51-64(86(2,3)4)55-65(52-63)87(5,6)7;/h12-47,50-55,58H,48-49H2,1-11H3;/q-2;/i1D3,8D3,9D3,10D3,11D3,44D,47D,48D2,49D2,54D;. The van der Waals surface area contributed by atoms with E-state index in [-0.39, 0.29) is 49.4 Å². The molecule has 3 aromatic heterocycles. The molecular formula is C89H80N4OPtSi-2. The van der Waals surface area contributed by atoms with Crippen LogP contribution in [0.3, 0.4) is 0 Å². The second-order valence-electron chi connectivity index (χ2n) is 26.5. The van der Waals surface area contributed by atoms with Crippen LogP contribution in [0, 0.1) is 25.3 Å². The summed E-state index contributed by atoms with van der Waals surface area (Å²) in [7, 11) is -3.06. The number of hydrogen-bond acceptors (Lipinski definition) is 2. The first-order valence-corrected chi connectivity index (χ1v) is 33.6. The molecule has 0 radical (unpaired) electrons. The Morgan fingerprint density at radius 1 is 0.531 bits per heavy atom. The van der Waals surface area contributed by atoms with Crippen molar-refractivity contribution in [3.63, 3.8) is 0 Å². The summed E-state index contributed by atoms with van der Waals surface area (Å²) >= 11 is 0. The molecule has 11 aromatic carbocycles. The van der Waals surface area contributed by atoms with Gasteiger partial charge in [-0.3, -0.25) is 4.57 Å². The Bertz CT molecular complexity index is 6100. The van der Waals surface area contributed by atoms with E-state index in [1.54, 1.807) is 82.1 Å². The van der Waals surface area contributed by atoms with Gasteiger partial charge in [0.1, 0.15) is 5.82 Å². The molecule has 1 aliphatic carbocycles. The number of imidazole rings is 1. The van der Waals surface area contributed by atoms with Crippen LogP contribution in [-0.4, -0.2) is 22.2 Å². The number of pyridine rings is 1. The number of benzene rings is 11. The summed E-state index contributed by atoms with van der Waals surface area (Å²) in [6, 6.07) is 78.3. The van der Waals surface area contributed by atoms with Crippen LogP contribution in [0.4, 0.5) is 0 Å². The Morgan fingerprint density at radius 2 is 1.11 bits per heavy atom. The molecule has 14 aromatic rings. The van der Waals surface area contributed by atoms with Gasteiger partial charge in [-0.1, -0.05) is 287 Å². The molecule has 0 atom stereocenters. The molecule has 0 bridgehead atoms. The maximum absolute atomic E-state index is 10.4. The van der Waals surface area contributed by atoms with Crippen molar-refractivity contribution in [2.24, 2.45) is 0 Å². The monoisotopic (exact) mass is 1470 g/mol. The average Bonchev–Trinajstić information content (AvgIpc) is 0.767. The van der Waals surface area contributed by atoms with Gasteiger partial charge in [-0.15, -0.1) is 29.7 Å². The van der Waals surface area contributed by atoms with E-state index >= 15 is 0 Å². The third-order valence-corrected chi connectivity index (χ3v) is 23.0. The van der Waals surface area contributed by atoms with Crippen LogP contribution in [-0.2, 0) is 42.7 Å². The predicted molar refractivity (Wildman–Crippen MR) is 397 cm³/mol. The summed E-state index contributed by atoms with van der Waals surface area (Å²) in [6.07, 6.45) is -3.96. The predicted octanol–water partition coefficient (Wildman–Crippen LogP) is 19.2. The van der Waals surface area contributed by atoms with Gasteiger partial charge in [0, 0.05) is 75.9 Å². The van der Waals surface area contributed by atoms with E-state index in [0.717, 1.165) is 42.6 Å². The minimum atomic E-state index is -4.55. The minimum absolute atomic E-state index is 0. The number of hydrogen-bond donors (Lipinski definition) is 0. The maximum atomic E-state index is 10.4. The van der Waals surface area contributed by atoms with Crippen LogP contribution >= 0.6 is 0 Å². The second kappa shape index (κ2) is 24.6. The normalized spacial score (nSPS) is 18.9. The van der Waals surface area contributed by atoms with E-state index < -0.39 is 112 Å². The molecule has 0 amide bonds. The third-order valence-electron chi connectivity index (χ3n) is 18.2. The Kier molecular flexibility index (Phi) is 11.0. The molecule has 15 rings (SSSR count). The topological polar surface area (TPSA) is 35.9 Å². The molecule has 7 heteroatoms. The molecular weight excluding hydrogens is 1360 g/mol. The summed E-state index contributed by atoms with van der Waals surface area (Å²) in [5.41, 5.74) is -7.49. The molecule has 0 spiro atoms. The van der Waals surface area contributed by atoms with Crippen LogP contribution in [0.2, 0.25) is 0 Å². The molecule has 0 unspecified atom stereocenters. The second-order valence-corrected chi connectivity index (χ2v) is 30.3. The van der Waals surface area contributed by atoms with Gasteiger partial charge in [-0.25, -0.2) is 4.98 Å². The molecule has 5 nitrogen and oxygen atoms in total. The zero-order chi connectivity index (χ0) is 84.3. The van der Waals surface area contributed by atoms with Crippen LogP contribution < -0.4 is 30.1 Å². The van der Waals surface area contributed by atoms with Gasteiger partial charge in [-0.2, -0.15) is 18.2 Å². The van der Waals surface area contributed by atoms with E-state index in [9.17, 15) is 13.7 Å². The molecule has 0 aliphatic heterocycles. The first kappa shape index (κ1) is 42.9. The van der Waals surface area contributed by atoms with Gasteiger partial charge in [0.25, 0.3) is 6.33 Å². The summed E-state index contributed by atoms with van der Waals surface area (Å²) in [5, 5.41) is 6.09. The number of nitrogens with zero attached hydrogens (tertiary/aromatic N) is 4. The van der Waals surface area contributed by atoms with Crippen molar-refractivity contribution in [1.29, 1.82) is 0 Å². The van der Waals surface area contributed by atoms with Crippen LogP contribution in [0.15, 0.2) is 261 Å². The smallest absolute Gasteiger partial charge is 0.268 e. The molecule has 3 heterocycles. The Balaban J connectivity index is 0.0000114. The van der Waals surface area contributed by atoms with Crippen molar-refractivity contribution in [1.82, 2.24) is 14.1 Å². The van der Waals surface area contributed by atoms with Gasteiger partial charge >= 0.3 is 0 Å².